The summed E-state index contributed by atoms with van der Waals surface area (Å²) >= 11 is 0. The Morgan fingerprint density at radius 2 is 2.13 bits per heavy atom. The van der Waals surface area contributed by atoms with Gasteiger partial charge in [-0.2, -0.15) is 5.10 Å². The minimum absolute atomic E-state index is 0.0762. The molecule has 0 aliphatic heterocycles. The van der Waals surface area contributed by atoms with Crippen molar-refractivity contribution >= 4 is 22.4 Å². The lowest BCUT2D eigenvalue weighted by molar-refractivity contribution is 0.172. The summed E-state index contributed by atoms with van der Waals surface area (Å²) in [4.78, 5) is 4.44. The molecule has 5 N–H and O–H groups in total. The number of aromatic nitrogens is 3. The van der Waals surface area contributed by atoms with Crippen molar-refractivity contribution in [1.82, 2.24) is 15.2 Å². The van der Waals surface area contributed by atoms with Crippen molar-refractivity contribution in [3.63, 3.8) is 0 Å². The fourth-order valence-corrected chi connectivity index (χ4v) is 3.26. The molecule has 2 heterocycles. The first-order valence-corrected chi connectivity index (χ1v) is 7.85. The first-order chi connectivity index (χ1) is 11.2. The smallest absolute Gasteiger partial charge is 0.126 e. The van der Waals surface area contributed by atoms with Gasteiger partial charge in [0.15, 0.2) is 0 Å². The number of aromatic amines is 1. The number of H-pyrrole nitrogens is 1. The molecule has 2 aromatic heterocycles. The standard InChI is InChI=1S/C17H19N5O/c18-17-9-15(20-13-2-1-3-16(13)23)11-5-4-10(8-14(11)21-17)12-6-7-19-22-12/h4-9,13,16,23H,1-3H2,(H,19,22)(H3,18,20,21)/t13-,16+/m1/s1. The largest absolute Gasteiger partial charge is 0.391 e. The highest BCUT2D eigenvalue weighted by atomic mass is 16.3. The third kappa shape index (κ3) is 2.61. The van der Waals surface area contributed by atoms with Gasteiger partial charge in [-0.15, -0.1) is 0 Å². The average Bonchev–Trinajstić information content (AvgIpc) is 3.19. The minimum atomic E-state index is -0.302. The molecule has 23 heavy (non-hydrogen) atoms. The minimum Gasteiger partial charge on any atom is -0.391 e. The second-order valence-electron chi connectivity index (χ2n) is 6.05. The predicted molar refractivity (Wildman–Crippen MR) is 91.0 cm³/mol. The molecule has 0 saturated heterocycles. The van der Waals surface area contributed by atoms with Crippen LogP contribution in [0.4, 0.5) is 11.5 Å². The first-order valence-electron chi connectivity index (χ1n) is 7.85. The van der Waals surface area contributed by atoms with Crippen molar-refractivity contribution in [3.05, 3.63) is 36.5 Å². The van der Waals surface area contributed by atoms with Crippen molar-refractivity contribution in [2.45, 2.75) is 31.4 Å². The van der Waals surface area contributed by atoms with Crippen LogP contribution in [0.3, 0.4) is 0 Å². The summed E-state index contributed by atoms with van der Waals surface area (Å²) in [6.07, 6.45) is 4.28. The Hall–Kier alpha value is -2.60. The quantitative estimate of drug-likeness (QED) is 0.596. The molecular weight excluding hydrogens is 290 g/mol. The van der Waals surface area contributed by atoms with Crippen molar-refractivity contribution in [3.8, 4) is 11.3 Å². The number of fused-ring (bicyclic) bond motifs is 1. The molecule has 0 amide bonds. The van der Waals surface area contributed by atoms with Crippen LogP contribution in [-0.2, 0) is 0 Å². The maximum atomic E-state index is 10.0. The Balaban J connectivity index is 1.76. The van der Waals surface area contributed by atoms with Gasteiger partial charge in [0.25, 0.3) is 0 Å². The van der Waals surface area contributed by atoms with Gasteiger partial charge in [0.2, 0.25) is 0 Å². The van der Waals surface area contributed by atoms with E-state index in [0.717, 1.165) is 47.1 Å². The zero-order valence-corrected chi connectivity index (χ0v) is 12.7. The van der Waals surface area contributed by atoms with Gasteiger partial charge >= 0.3 is 0 Å². The predicted octanol–water partition coefficient (Wildman–Crippen LogP) is 2.53. The molecule has 4 rings (SSSR count). The summed E-state index contributed by atoms with van der Waals surface area (Å²) in [5.41, 5.74) is 9.68. The van der Waals surface area contributed by atoms with Crippen LogP contribution in [0, 0.1) is 0 Å². The van der Waals surface area contributed by atoms with Gasteiger partial charge in [0, 0.05) is 28.9 Å². The summed E-state index contributed by atoms with van der Waals surface area (Å²) in [5.74, 6) is 0.467. The van der Waals surface area contributed by atoms with E-state index in [4.69, 9.17) is 5.73 Å². The summed E-state index contributed by atoms with van der Waals surface area (Å²) in [5, 5.41) is 21.4. The maximum absolute atomic E-state index is 10.0. The Bertz CT molecular complexity index is 830. The SMILES string of the molecule is Nc1cc(N[C@@H]2CCC[C@@H]2O)c2ccc(-c3ccn[nH]3)cc2n1. The summed E-state index contributed by atoms with van der Waals surface area (Å²) in [7, 11) is 0. The van der Waals surface area contributed by atoms with Crippen LogP contribution in [0.25, 0.3) is 22.2 Å². The van der Waals surface area contributed by atoms with E-state index in [9.17, 15) is 5.11 Å². The molecule has 0 unspecified atom stereocenters. The van der Waals surface area contributed by atoms with Gasteiger partial charge in [0.1, 0.15) is 5.82 Å². The second kappa shape index (κ2) is 5.55. The number of hydrogen-bond donors (Lipinski definition) is 4. The third-order valence-electron chi connectivity index (χ3n) is 4.46. The maximum Gasteiger partial charge on any atom is 0.126 e. The topological polar surface area (TPSA) is 99.9 Å². The Morgan fingerprint density at radius 3 is 2.87 bits per heavy atom. The number of hydrogen-bond acceptors (Lipinski definition) is 5. The zero-order valence-electron chi connectivity index (χ0n) is 12.7. The lowest BCUT2D eigenvalue weighted by Crippen LogP contribution is -2.28. The van der Waals surface area contributed by atoms with E-state index in [1.54, 1.807) is 6.20 Å². The van der Waals surface area contributed by atoms with Crippen molar-refractivity contribution in [1.29, 1.82) is 0 Å². The zero-order chi connectivity index (χ0) is 15.8. The number of nitrogen functional groups attached to an aromatic ring is 1. The number of aliphatic hydroxyl groups is 1. The van der Waals surface area contributed by atoms with Gasteiger partial charge in [-0.05, 0) is 31.4 Å². The normalized spacial score (nSPS) is 20.9. The van der Waals surface area contributed by atoms with E-state index in [-0.39, 0.29) is 12.1 Å². The molecule has 1 aliphatic carbocycles. The summed E-state index contributed by atoms with van der Waals surface area (Å²) < 4.78 is 0. The van der Waals surface area contributed by atoms with Gasteiger partial charge in [-0.3, -0.25) is 5.10 Å². The molecule has 118 valence electrons. The van der Waals surface area contributed by atoms with Crippen molar-refractivity contribution in [2.24, 2.45) is 0 Å². The van der Waals surface area contributed by atoms with Crippen LogP contribution in [0.15, 0.2) is 36.5 Å². The molecule has 1 saturated carbocycles. The van der Waals surface area contributed by atoms with E-state index in [1.807, 2.05) is 30.3 Å². The van der Waals surface area contributed by atoms with Crippen LogP contribution < -0.4 is 11.1 Å². The van der Waals surface area contributed by atoms with Crippen LogP contribution in [0.5, 0.6) is 0 Å². The van der Waals surface area contributed by atoms with Gasteiger partial charge in [0.05, 0.1) is 23.4 Å². The van der Waals surface area contributed by atoms with Crippen LogP contribution >= 0.6 is 0 Å². The third-order valence-corrected chi connectivity index (χ3v) is 4.46. The molecule has 1 fully saturated rings. The molecule has 0 bridgehead atoms. The van der Waals surface area contributed by atoms with E-state index >= 15 is 0 Å². The molecule has 6 heteroatoms. The fraction of sp³-hybridized carbons (Fsp3) is 0.294. The van der Waals surface area contributed by atoms with E-state index in [2.05, 4.69) is 20.5 Å². The fourth-order valence-electron chi connectivity index (χ4n) is 3.26. The number of benzene rings is 1. The number of aliphatic hydroxyl groups excluding tert-OH is 1. The lowest BCUT2D eigenvalue weighted by atomic mass is 10.1. The molecule has 2 atom stereocenters. The Morgan fingerprint density at radius 1 is 1.22 bits per heavy atom. The number of anilines is 2. The Kier molecular flexibility index (Phi) is 3.38. The highest BCUT2D eigenvalue weighted by molar-refractivity contribution is 5.95. The molecular formula is C17H19N5O. The summed E-state index contributed by atoms with van der Waals surface area (Å²) in [6, 6.07) is 9.89. The summed E-state index contributed by atoms with van der Waals surface area (Å²) in [6.45, 7) is 0. The van der Waals surface area contributed by atoms with Crippen LogP contribution in [0.2, 0.25) is 0 Å². The highest BCUT2D eigenvalue weighted by Gasteiger charge is 2.25. The second-order valence-corrected chi connectivity index (χ2v) is 6.05. The number of rotatable bonds is 3. The molecule has 1 aromatic carbocycles. The van der Waals surface area contributed by atoms with Gasteiger partial charge < -0.3 is 16.2 Å². The monoisotopic (exact) mass is 309 g/mol. The first kappa shape index (κ1) is 14.0. The number of nitrogens with zero attached hydrogens (tertiary/aromatic N) is 2. The molecule has 6 nitrogen and oxygen atoms in total. The van der Waals surface area contributed by atoms with Crippen LogP contribution in [0.1, 0.15) is 19.3 Å². The number of nitrogens with one attached hydrogen (secondary N) is 2. The molecule has 0 radical (unpaired) electrons. The van der Waals surface area contributed by atoms with E-state index in [0.29, 0.717) is 5.82 Å². The molecule has 0 spiro atoms. The van der Waals surface area contributed by atoms with Gasteiger partial charge in [-0.1, -0.05) is 12.1 Å². The van der Waals surface area contributed by atoms with E-state index in [1.165, 1.54) is 0 Å². The highest BCUT2D eigenvalue weighted by Crippen LogP contribution is 2.31. The Labute approximate surface area is 133 Å². The van der Waals surface area contributed by atoms with E-state index < -0.39 is 0 Å². The molecule has 3 aromatic rings. The average molecular weight is 309 g/mol. The van der Waals surface area contributed by atoms with Crippen molar-refractivity contribution < 1.29 is 5.11 Å². The number of pyridine rings is 1. The van der Waals surface area contributed by atoms with Crippen molar-refractivity contribution in [2.75, 3.05) is 11.1 Å². The van der Waals surface area contributed by atoms with Crippen LogP contribution in [-0.4, -0.2) is 32.4 Å². The molecule has 1 aliphatic rings. The lowest BCUT2D eigenvalue weighted by Gasteiger charge is -2.19. The number of nitrogens with two attached hydrogens (primary N) is 1. The van der Waals surface area contributed by atoms with Gasteiger partial charge in [-0.25, -0.2) is 4.98 Å².